The molecule has 4 rings (SSSR count). The maximum absolute atomic E-state index is 6.19. The highest BCUT2D eigenvalue weighted by atomic mass is 16.5. The van der Waals surface area contributed by atoms with Crippen LogP contribution >= 0.6 is 0 Å². The second kappa shape index (κ2) is 4.09. The van der Waals surface area contributed by atoms with Gasteiger partial charge in [0.05, 0.1) is 5.69 Å². The zero-order chi connectivity index (χ0) is 14.6. The van der Waals surface area contributed by atoms with Gasteiger partial charge in [0, 0.05) is 18.3 Å². The third kappa shape index (κ3) is 1.69. The van der Waals surface area contributed by atoms with Crippen molar-refractivity contribution in [1.82, 2.24) is 9.38 Å². The lowest BCUT2D eigenvalue weighted by Crippen LogP contribution is -2.30. The average molecular weight is 279 g/mol. The topological polar surface area (TPSA) is 52.5 Å². The van der Waals surface area contributed by atoms with Gasteiger partial charge in [-0.2, -0.15) is 0 Å². The van der Waals surface area contributed by atoms with Crippen molar-refractivity contribution in [3.8, 4) is 17.0 Å². The Morgan fingerprint density at radius 3 is 2.81 bits per heavy atom. The minimum Gasteiger partial charge on any atom is -0.481 e. The van der Waals surface area contributed by atoms with Crippen LogP contribution in [0, 0.1) is 0 Å². The number of fused-ring (bicyclic) bond motifs is 5. The van der Waals surface area contributed by atoms with Crippen LogP contribution < -0.4 is 10.5 Å². The van der Waals surface area contributed by atoms with Crippen LogP contribution in [0.5, 0.6) is 5.75 Å². The van der Waals surface area contributed by atoms with Gasteiger partial charge < -0.3 is 10.5 Å². The van der Waals surface area contributed by atoms with Gasteiger partial charge in [0.25, 0.3) is 0 Å². The summed E-state index contributed by atoms with van der Waals surface area (Å²) in [4.78, 5) is 4.81. The quantitative estimate of drug-likeness (QED) is 0.744. The molecule has 3 aromatic rings. The van der Waals surface area contributed by atoms with Gasteiger partial charge in [-0.05, 0) is 37.6 Å². The Balaban J connectivity index is 2.10. The Morgan fingerprint density at radius 1 is 1.19 bits per heavy atom. The highest BCUT2D eigenvalue weighted by Crippen LogP contribution is 2.44. The zero-order valence-corrected chi connectivity index (χ0v) is 12.1. The number of imidazole rings is 1. The Hall–Kier alpha value is -2.33. The summed E-state index contributed by atoms with van der Waals surface area (Å²) in [6.07, 6.45) is 2.06. The third-order valence-electron chi connectivity index (χ3n) is 3.99. The van der Waals surface area contributed by atoms with E-state index in [0.717, 1.165) is 33.9 Å². The van der Waals surface area contributed by atoms with Crippen LogP contribution in [0.1, 0.15) is 25.1 Å². The van der Waals surface area contributed by atoms with E-state index in [-0.39, 0.29) is 0 Å². The maximum atomic E-state index is 6.19. The fourth-order valence-corrected chi connectivity index (χ4v) is 3.05. The maximum Gasteiger partial charge on any atom is 0.146 e. The predicted molar refractivity (Wildman–Crippen MR) is 82.2 cm³/mol. The normalized spacial score (nSPS) is 15.4. The fraction of sp³-hybridized carbons (Fsp3) is 0.235. The monoisotopic (exact) mass is 279 g/mol. The summed E-state index contributed by atoms with van der Waals surface area (Å²) in [5.41, 5.74) is 10.5. The van der Waals surface area contributed by atoms with Crippen molar-refractivity contribution in [2.75, 3.05) is 0 Å². The van der Waals surface area contributed by atoms with Crippen LogP contribution in [0.3, 0.4) is 0 Å². The number of nitrogens with two attached hydrogens (primary N) is 1. The molecule has 1 aromatic carbocycles. The summed E-state index contributed by atoms with van der Waals surface area (Å²) in [5.74, 6) is 0.887. The number of hydrogen-bond donors (Lipinski definition) is 1. The van der Waals surface area contributed by atoms with E-state index in [2.05, 4.69) is 30.5 Å². The Kier molecular flexibility index (Phi) is 2.41. The predicted octanol–water partition coefficient (Wildman–Crippen LogP) is 3.09. The summed E-state index contributed by atoms with van der Waals surface area (Å²) in [7, 11) is 0. The van der Waals surface area contributed by atoms with Gasteiger partial charge in [-0.1, -0.05) is 18.2 Å². The average Bonchev–Trinajstić information content (AvgIpc) is 2.86. The molecular formula is C17H17N3O. The first-order chi connectivity index (χ1) is 10.1. The number of nitrogens with zero attached hydrogens (tertiary/aromatic N) is 2. The van der Waals surface area contributed by atoms with Gasteiger partial charge >= 0.3 is 0 Å². The van der Waals surface area contributed by atoms with E-state index >= 15 is 0 Å². The molecule has 106 valence electrons. The molecule has 0 saturated heterocycles. The SMILES string of the molecule is CC1(C)Oc2ccccc2-c2nc3ccc(CN)cn3c21. The van der Waals surface area contributed by atoms with Crippen molar-refractivity contribution in [3.63, 3.8) is 0 Å². The smallest absolute Gasteiger partial charge is 0.146 e. The highest BCUT2D eigenvalue weighted by Gasteiger charge is 2.36. The molecule has 0 fully saturated rings. The standard InChI is InChI=1S/C17H17N3O/c1-17(2)16-15(12-5-3-4-6-13(12)21-17)19-14-8-7-11(9-18)10-20(14)16/h3-8,10H,9,18H2,1-2H3. The summed E-state index contributed by atoms with van der Waals surface area (Å²) in [6.45, 7) is 4.66. The molecule has 3 heterocycles. The largest absolute Gasteiger partial charge is 0.481 e. The molecule has 0 aliphatic carbocycles. The lowest BCUT2D eigenvalue weighted by atomic mass is 9.95. The molecule has 0 radical (unpaired) electrons. The van der Waals surface area contributed by atoms with Gasteiger partial charge in [0.1, 0.15) is 22.7 Å². The van der Waals surface area contributed by atoms with Crippen molar-refractivity contribution in [1.29, 1.82) is 0 Å². The van der Waals surface area contributed by atoms with Crippen molar-refractivity contribution >= 4 is 5.65 Å². The number of para-hydroxylation sites is 1. The first-order valence-corrected chi connectivity index (χ1v) is 7.10. The molecule has 0 spiro atoms. The molecule has 0 bridgehead atoms. The molecule has 21 heavy (non-hydrogen) atoms. The summed E-state index contributed by atoms with van der Waals surface area (Å²) < 4.78 is 8.30. The minimum absolute atomic E-state index is 0.434. The van der Waals surface area contributed by atoms with Crippen molar-refractivity contribution in [2.45, 2.75) is 26.0 Å². The number of rotatable bonds is 1. The van der Waals surface area contributed by atoms with E-state index in [1.807, 2.05) is 30.3 Å². The van der Waals surface area contributed by atoms with Crippen LogP contribution in [0.2, 0.25) is 0 Å². The Morgan fingerprint density at radius 2 is 2.00 bits per heavy atom. The van der Waals surface area contributed by atoms with Crippen LogP contribution in [-0.2, 0) is 12.1 Å². The molecule has 0 unspecified atom stereocenters. The van der Waals surface area contributed by atoms with Crippen LogP contribution in [0.4, 0.5) is 0 Å². The van der Waals surface area contributed by atoms with Crippen molar-refractivity contribution in [2.24, 2.45) is 5.73 Å². The summed E-state index contributed by atoms with van der Waals surface area (Å²) in [5, 5.41) is 0. The van der Waals surface area contributed by atoms with Gasteiger partial charge in [-0.25, -0.2) is 4.98 Å². The van der Waals surface area contributed by atoms with Gasteiger partial charge in [0.15, 0.2) is 0 Å². The number of hydrogen-bond acceptors (Lipinski definition) is 3. The van der Waals surface area contributed by atoms with Gasteiger partial charge in [-0.3, -0.25) is 4.40 Å². The third-order valence-corrected chi connectivity index (χ3v) is 3.99. The molecule has 0 saturated carbocycles. The molecule has 0 atom stereocenters. The lowest BCUT2D eigenvalue weighted by molar-refractivity contribution is 0.0996. The van der Waals surface area contributed by atoms with E-state index in [9.17, 15) is 0 Å². The van der Waals surface area contributed by atoms with Crippen LogP contribution in [0.15, 0.2) is 42.6 Å². The number of pyridine rings is 1. The van der Waals surface area contributed by atoms with E-state index in [4.69, 9.17) is 15.5 Å². The van der Waals surface area contributed by atoms with E-state index < -0.39 is 5.60 Å². The summed E-state index contributed by atoms with van der Waals surface area (Å²) >= 11 is 0. The highest BCUT2D eigenvalue weighted by molar-refractivity contribution is 5.75. The molecule has 1 aliphatic heterocycles. The molecule has 2 N–H and O–H groups in total. The van der Waals surface area contributed by atoms with Gasteiger partial charge in [-0.15, -0.1) is 0 Å². The number of benzene rings is 1. The molecular weight excluding hydrogens is 262 g/mol. The fourth-order valence-electron chi connectivity index (χ4n) is 3.05. The second-order valence-electron chi connectivity index (χ2n) is 5.89. The van der Waals surface area contributed by atoms with Crippen molar-refractivity contribution < 1.29 is 4.74 Å². The van der Waals surface area contributed by atoms with Gasteiger partial charge in [0.2, 0.25) is 0 Å². The molecule has 1 aliphatic rings. The lowest BCUT2D eigenvalue weighted by Gasteiger charge is -2.32. The number of aromatic nitrogens is 2. The first kappa shape index (κ1) is 12.4. The van der Waals surface area contributed by atoms with Crippen LogP contribution in [-0.4, -0.2) is 9.38 Å². The first-order valence-electron chi connectivity index (χ1n) is 7.10. The van der Waals surface area contributed by atoms with Crippen LogP contribution in [0.25, 0.3) is 16.9 Å². The molecule has 2 aromatic heterocycles. The van der Waals surface area contributed by atoms with E-state index in [0.29, 0.717) is 6.54 Å². The summed E-state index contributed by atoms with van der Waals surface area (Å²) in [6, 6.07) is 12.1. The van der Waals surface area contributed by atoms with Crippen molar-refractivity contribution in [3.05, 3.63) is 53.9 Å². The Bertz CT molecular complexity index is 848. The van der Waals surface area contributed by atoms with E-state index in [1.165, 1.54) is 0 Å². The molecule has 4 nitrogen and oxygen atoms in total. The second-order valence-corrected chi connectivity index (χ2v) is 5.89. The van der Waals surface area contributed by atoms with E-state index in [1.54, 1.807) is 0 Å². The minimum atomic E-state index is -0.434. The number of ether oxygens (including phenoxy) is 1. The Labute approximate surface area is 123 Å². The zero-order valence-electron chi connectivity index (χ0n) is 12.1. The molecule has 4 heteroatoms. The molecule has 0 amide bonds.